The van der Waals surface area contributed by atoms with E-state index in [0.717, 1.165) is 52.3 Å². The van der Waals surface area contributed by atoms with Crippen LogP contribution in [0.15, 0.2) is 12.4 Å². The quantitative estimate of drug-likeness (QED) is 0.732. The summed E-state index contributed by atoms with van der Waals surface area (Å²) in [6.45, 7) is 6.34. The van der Waals surface area contributed by atoms with Crippen LogP contribution in [-0.2, 0) is 9.47 Å². The monoisotopic (exact) mass is 335 g/mol. The zero-order chi connectivity index (χ0) is 16.6. The first-order chi connectivity index (χ1) is 11.8. The van der Waals surface area contributed by atoms with Gasteiger partial charge in [-0.05, 0) is 12.8 Å². The van der Waals surface area contributed by atoms with E-state index in [1.54, 1.807) is 12.4 Å². The molecule has 3 rings (SSSR count). The average molecular weight is 335 g/mol. The summed E-state index contributed by atoms with van der Waals surface area (Å²) in [5.41, 5.74) is 0.472. The van der Waals surface area contributed by atoms with Gasteiger partial charge in [-0.25, -0.2) is 9.97 Å². The molecular formula is C16H25N5O3. The van der Waals surface area contributed by atoms with E-state index >= 15 is 0 Å². The zero-order valence-electron chi connectivity index (χ0n) is 13.9. The second-order valence-corrected chi connectivity index (χ2v) is 6.02. The van der Waals surface area contributed by atoms with E-state index in [-0.39, 0.29) is 12.0 Å². The molecule has 0 aromatic carbocycles. The second-order valence-electron chi connectivity index (χ2n) is 6.02. The van der Waals surface area contributed by atoms with E-state index in [1.807, 2.05) is 0 Å². The number of nitrogens with one attached hydrogen (secondary N) is 2. The molecule has 1 atom stereocenters. The Hall–Kier alpha value is -1.77. The van der Waals surface area contributed by atoms with Crippen molar-refractivity contribution < 1.29 is 14.3 Å². The van der Waals surface area contributed by atoms with Gasteiger partial charge in [-0.3, -0.25) is 9.69 Å². The van der Waals surface area contributed by atoms with Gasteiger partial charge in [0.05, 0.1) is 24.9 Å². The molecule has 2 aliphatic rings. The fourth-order valence-electron chi connectivity index (χ4n) is 2.80. The minimum Gasteiger partial charge on any atom is -0.379 e. The number of rotatable bonds is 7. The van der Waals surface area contributed by atoms with Crippen molar-refractivity contribution in [3.05, 3.63) is 18.0 Å². The molecule has 3 heterocycles. The first-order valence-corrected chi connectivity index (χ1v) is 8.57. The fraction of sp³-hybridized carbons (Fsp3) is 0.688. The number of nitrogens with zero attached hydrogens (tertiary/aromatic N) is 3. The maximum atomic E-state index is 12.1. The fourth-order valence-corrected chi connectivity index (χ4v) is 2.80. The lowest BCUT2D eigenvalue weighted by Crippen LogP contribution is -2.41. The van der Waals surface area contributed by atoms with Gasteiger partial charge in [-0.15, -0.1) is 0 Å². The van der Waals surface area contributed by atoms with Gasteiger partial charge >= 0.3 is 0 Å². The summed E-state index contributed by atoms with van der Waals surface area (Å²) in [5.74, 6) is 0.379. The van der Waals surface area contributed by atoms with E-state index in [0.29, 0.717) is 24.6 Å². The summed E-state index contributed by atoms with van der Waals surface area (Å²) in [4.78, 5) is 22.8. The third-order valence-electron chi connectivity index (χ3n) is 4.24. The Bertz CT molecular complexity index is 513. The molecule has 132 valence electrons. The van der Waals surface area contributed by atoms with Gasteiger partial charge < -0.3 is 20.1 Å². The minimum atomic E-state index is -0.145. The van der Waals surface area contributed by atoms with Crippen LogP contribution in [0.5, 0.6) is 0 Å². The largest absolute Gasteiger partial charge is 0.379 e. The van der Waals surface area contributed by atoms with Crippen LogP contribution in [0.4, 0.5) is 5.95 Å². The molecule has 1 amide bonds. The molecule has 0 radical (unpaired) electrons. The highest BCUT2D eigenvalue weighted by Gasteiger charge is 2.15. The summed E-state index contributed by atoms with van der Waals surface area (Å²) in [6, 6.07) is 0. The van der Waals surface area contributed by atoms with E-state index in [2.05, 4.69) is 25.5 Å². The minimum absolute atomic E-state index is 0.145. The predicted molar refractivity (Wildman–Crippen MR) is 89.1 cm³/mol. The number of anilines is 1. The van der Waals surface area contributed by atoms with Crippen molar-refractivity contribution in [3.63, 3.8) is 0 Å². The molecular weight excluding hydrogens is 310 g/mol. The Balaban J connectivity index is 1.38. The number of ether oxygens (including phenoxy) is 2. The Morgan fingerprint density at radius 1 is 1.25 bits per heavy atom. The van der Waals surface area contributed by atoms with Gasteiger partial charge in [0.15, 0.2) is 0 Å². The number of carbonyl (C=O) groups excluding carboxylic acids is 1. The van der Waals surface area contributed by atoms with Crippen molar-refractivity contribution in [1.82, 2.24) is 20.2 Å². The summed E-state index contributed by atoms with van der Waals surface area (Å²) >= 11 is 0. The van der Waals surface area contributed by atoms with Crippen LogP contribution in [0.25, 0.3) is 0 Å². The lowest BCUT2D eigenvalue weighted by molar-refractivity contribution is 0.0383. The SMILES string of the molecule is O=C(NCCN1CCOCC1)c1cnc(NCC2CCCO2)nc1. The number of carbonyl (C=O) groups is 1. The highest BCUT2D eigenvalue weighted by atomic mass is 16.5. The molecule has 0 spiro atoms. The standard InChI is InChI=1S/C16H25N5O3/c22-15(17-3-4-21-5-8-23-9-6-21)13-10-18-16(19-11-13)20-12-14-2-1-7-24-14/h10-11,14H,1-9,12H2,(H,17,22)(H,18,19,20). The van der Waals surface area contributed by atoms with Crippen LogP contribution in [0.2, 0.25) is 0 Å². The summed E-state index contributed by atoms with van der Waals surface area (Å²) in [6.07, 6.45) is 5.51. The van der Waals surface area contributed by atoms with Crippen LogP contribution >= 0.6 is 0 Å². The van der Waals surface area contributed by atoms with Crippen molar-refractivity contribution in [1.29, 1.82) is 0 Å². The van der Waals surface area contributed by atoms with Crippen molar-refractivity contribution in [2.75, 3.05) is 57.9 Å². The Labute approximate surface area is 141 Å². The Morgan fingerprint density at radius 3 is 2.75 bits per heavy atom. The van der Waals surface area contributed by atoms with Gasteiger partial charge in [0, 0.05) is 51.7 Å². The van der Waals surface area contributed by atoms with Crippen LogP contribution < -0.4 is 10.6 Å². The molecule has 0 bridgehead atoms. The number of aromatic nitrogens is 2. The van der Waals surface area contributed by atoms with Crippen molar-refractivity contribution in [2.45, 2.75) is 18.9 Å². The molecule has 1 aromatic rings. The molecule has 0 saturated carbocycles. The lowest BCUT2D eigenvalue weighted by Gasteiger charge is -2.26. The topological polar surface area (TPSA) is 88.6 Å². The number of morpholine rings is 1. The molecule has 8 heteroatoms. The molecule has 2 N–H and O–H groups in total. The first-order valence-electron chi connectivity index (χ1n) is 8.57. The molecule has 24 heavy (non-hydrogen) atoms. The van der Waals surface area contributed by atoms with Crippen LogP contribution in [0, 0.1) is 0 Å². The average Bonchev–Trinajstić information content (AvgIpc) is 3.15. The van der Waals surface area contributed by atoms with Crippen LogP contribution in [-0.4, -0.2) is 79.4 Å². The normalized spacial score (nSPS) is 21.6. The van der Waals surface area contributed by atoms with Crippen molar-refractivity contribution >= 4 is 11.9 Å². The summed E-state index contributed by atoms with van der Waals surface area (Å²) in [7, 11) is 0. The summed E-state index contributed by atoms with van der Waals surface area (Å²) < 4.78 is 10.8. The Kier molecular flexibility index (Phi) is 6.33. The van der Waals surface area contributed by atoms with E-state index in [9.17, 15) is 4.79 Å². The summed E-state index contributed by atoms with van der Waals surface area (Å²) in [5, 5.41) is 6.04. The van der Waals surface area contributed by atoms with Crippen LogP contribution in [0.1, 0.15) is 23.2 Å². The maximum Gasteiger partial charge on any atom is 0.254 e. The second kappa shape index (κ2) is 8.91. The lowest BCUT2D eigenvalue weighted by atomic mass is 10.2. The van der Waals surface area contributed by atoms with E-state index in [1.165, 1.54) is 0 Å². The maximum absolute atomic E-state index is 12.1. The predicted octanol–water partition coefficient (Wildman–Crippen LogP) is 0.130. The molecule has 8 nitrogen and oxygen atoms in total. The highest BCUT2D eigenvalue weighted by Crippen LogP contribution is 2.12. The van der Waals surface area contributed by atoms with Gasteiger partial charge in [0.1, 0.15) is 0 Å². The zero-order valence-corrected chi connectivity index (χ0v) is 13.9. The van der Waals surface area contributed by atoms with Gasteiger partial charge in [-0.1, -0.05) is 0 Å². The van der Waals surface area contributed by atoms with E-state index < -0.39 is 0 Å². The molecule has 1 unspecified atom stereocenters. The number of hydrogen-bond donors (Lipinski definition) is 2. The number of hydrogen-bond acceptors (Lipinski definition) is 7. The van der Waals surface area contributed by atoms with Crippen molar-refractivity contribution in [2.24, 2.45) is 0 Å². The van der Waals surface area contributed by atoms with Gasteiger partial charge in [0.25, 0.3) is 5.91 Å². The van der Waals surface area contributed by atoms with Gasteiger partial charge in [-0.2, -0.15) is 0 Å². The smallest absolute Gasteiger partial charge is 0.254 e. The third-order valence-corrected chi connectivity index (χ3v) is 4.24. The van der Waals surface area contributed by atoms with E-state index in [4.69, 9.17) is 9.47 Å². The highest BCUT2D eigenvalue weighted by molar-refractivity contribution is 5.93. The number of amides is 1. The first kappa shape index (κ1) is 17.1. The molecule has 2 aliphatic heterocycles. The van der Waals surface area contributed by atoms with Crippen LogP contribution in [0.3, 0.4) is 0 Å². The molecule has 2 saturated heterocycles. The Morgan fingerprint density at radius 2 is 2.04 bits per heavy atom. The van der Waals surface area contributed by atoms with Crippen molar-refractivity contribution in [3.8, 4) is 0 Å². The molecule has 1 aromatic heterocycles. The third kappa shape index (κ3) is 5.12. The molecule has 0 aliphatic carbocycles. The van der Waals surface area contributed by atoms with Gasteiger partial charge in [0.2, 0.25) is 5.95 Å². The molecule has 2 fully saturated rings.